The topological polar surface area (TPSA) is 87.7 Å². The van der Waals surface area contributed by atoms with Gasteiger partial charge in [-0.2, -0.15) is 0 Å². The zero-order valence-electron chi connectivity index (χ0n) is 22.2. The molecule has 0 bridgehead atoms. The molecule has 0 aliphatic heterocycles. The summed E-state index contributed by atoms with van der Waals surface area (Å²) in [6.45, 7) is 13.1. The van der Waals surface area contributed by atoms with Crippen LogP contribution in [0.15, 0.2) is 24.3 Å². The molecular weight excluding hydrogens is 442 g/mol. The summed E-state index contributed by atoms with van der Waals surface area (Å²) < 4.78 is 5.44. The molecule has 35 heavy (non-hydrogen) atoms. The number of rotatable bonds is 9. The lowest BCUT2D eigenvalue weighted by molar-refractivity contribution is -0.148. The number of carbonyl (C=O) groups excluding carboxylic acids is 3. The maximum absolute atomic E-state index is 14.1. The molecule has 0 spiro atoms. The van der Waals surface area contributed by atoms with E-state index in [4.69, 9.17) is 11.2 Å². The van der Waals surface area contributed by atoms with E-state index in [2.05, 4.69) is 16.6 Å². The molecule has 7 heteroatoms. The van der Waals surface area contributed by atoms with Crippen LogP contribution in [-0.2, 0) is 14.3 Å². The Morgan fingerprint density at radius 3 is 2.23 bits per heavy atom. The number of benzene rings is 1. The van der Waals surface area contributed by atoms with E-state index in [0.717, 1.165) is 19.3 Å². The van der Waals surface area contributed by atoms with Crippen LogP contribution in [0.4, 0.5) is 4.79 Å². The van der Waals surface area contributed by atoms with Gasteiger partial charge < -0.3 is 20.3 Å². The molecule has 1 aromatic rings. The van der Waals surface area contributed by atoms with Crippen LogP contribution in [0, 0.1) is 18.3 Å². The van der Waals surface area contributed by atoms with Crippen molar-refractivity contribution in [1.29, 1.82) is 0 Å². The average molecular weight is 484 g/mol. The number of hydrogen-bond acceptors (Lipinski definition) is 4. The highest BCUT2D eigenvalue weighted by atomic mass is 16.6. The van der Waals surface area contributed by atoms with Gasteiger partial charge >= 0.3 is 6.09 Å². The van der Waals surface area contributed by atoms with Gasteiger partial charge in [0.2, 0.25) is 11.8 Å². The van der Waals surface area contributed by atoms with Gasteiger partial charge in [-0.3, -0.25) is 9.59 Å². The normalized spacial score (nSPS) is 15.5. The highest BCUT2D eigenvalue weighted by molar-refractivity contribution is 5.93. The van der Waals surface area contributed by atoms with Crippen LogP contribution < -0.4 is 10.6 Å². The van der Waals surface area contributed by atoms with E-state index in [-0.39, 0.29) is 29.8 Å². The maximum atomic E-state index is 14.1. The molecule has 2 rings (SSSR count). The fourth-order valence-corrected chi connectivity index (χ4v) is 4.15. The molecule has 1 aliphatic rings. The van der Waals surface area contributed by atoms with Crippen molar-refractivity contribution in [3.63, 3.8) is 0 Å². The van der Waals surface area contributed by atoms with Crippen LogP contribution in [0.3, 0.4) is 0 Å². The zero-order chi connectivity index (χ0) is 26.3. The average Bonchev–Trinajstić information content (AvgIpc) is 2.69. The number of amides is 3. The molecule has 2 atom stereocenters. The van der Waals surface area contributed by atoms with Crippen LogP contribution in [0.25, 0.3) is 0 Å². The van der Waals surface area contributed by atoms with Gasteiger partial charge in [-0.05, 0) is 77.8 Å². The van der Waals surface area contributed by atoms with Gasteiger partial charge in [0.15, 0.2) is 0 Å². The second kappa shape index (κ2) is 12.1. The Bertz CT molecular complexity index is 938. The number of nitrogens with one attached hydrogen (secondary N) is 2. The van der Waals surface area contributed by atoms with Crippen molar-refractivity contribution in [2.45, 2.75) is 104 Å². The lowest BCUT2D eigenvalue weighted by Crippen LogP contribution is -2.58. The molecule has 1 fully saturated rings. The summed E-state index contributed by atoms with van der Waals surface area (Å²) in [5, 5.41) is 5.75. The third-order valence-corrected chi connectivity index (χ3v) is 5.79. The van der Waals surface area contributed by atoms with Crippen LogP contribution in [0.2, 0.25) is 0 Å². The Kier molecular flexibility index (Phi) is 9.76. The summed E-state index contributed by atoms with van der Waals surface area (Å²) in [5.41, 5.74) is 0.470. The Balaban J connectivity index is 2.54. The molecule has 1 saturated carbocycles. The minimum Gasteiger partial charge on any atom is -0.444 e. The van der Waals surface area contributed by atoms with E-state index in [1.54, 1.807) is 37.8 Å². The molecule has 7 nitrogen and oxygen atoms in total. The lowest BCUT2D eigenvalue weighted by atomic mass is 9.86. The molecule has 0 radical (unpaired) electrons. The van der Waals surface area contributed by atoms with Gasteiger partial charge in [-0.1, -0.05) is 38.0 Å². The second-order valence-corrected chi connectivity index (χ2v) is 11.0. The van der Waals surface area contributed by atoms with Crippen molar-refractivity contribution >= 4 is 17.9 Å². The van der Waals surface area contributed by atoms with E-state index >= 15 is 0 Å². The minimum atomic E-state index is -0.905. The molecule has 0 saturated heterocycles. The van der Waals surface area contributed by atoms with Crippen molar-refractivity contribution in [2.24, 2.45) is 5.92 Å². The van der Waals surface area contributed by atoms with Gasteiger partial charge in [0.25, 0.3) is 0 Å². The van der Waals surface area contributed by atoms with Crippen molar-refractivity contribution in [1.82, 2.24) is 15.5 Å². The predicted molar refractivity (Wildman–Crippen MR) is 137 cm³/mol. The van der Waals surface area contributed by atoms with E-state index in [0.29, 0.717) is 17.5 Å². The quantitative estimate of drug-likeness (QED) is 0.504. The molecule has 0 aromatic heterocycles. The maximum Gasteiger partial charge on any atom is 0.408 e. The SMILES string of the molecule is C#Cc1ccccc1C(C(=O)NC(C)C)N(C(=O)C(CC(C)C)NC(=O)OC(C)(C)C)C1CCC1. The number of terminal acetylenes is 1. The first-order valence-corrected chi connectivity index (χ1v) is 12.5. The monoisotopic (exact) mass is 483 g/mol. The summed E-state index contributed by atoms with van der Waals surface area (Å²) >= 11 is 0. The summed E-state index contributed by atoms with van der Waals surface area (Å²) in [6, 6.07) is 5.24. The fourth-order valence-electron chi connectivity index (χ4n) is 4.15. The Morgan fingerprint density at radius 2 is 1.74 bits per heavy atom. The summed E-state index contributed by atoms with van der Waals surface area (Å²) in [7, 11) is 0. The number of ether oxygens (including phenoxy) is 1. The third-order valence-electron chi connectivity index (χ3n) is 5.79. The zero-order valence-corrected chi connectivity index (χ0v) is 22.2. The first kappa shape index (κ1) is 28.2. The molecule has 1 aromatic carbocycles. The van der Waals surface area contributed by atoms with Gasteiger partial charge in [-0.15, -0.1) is 6.42 Å². The minimum absolute atomic E-state index is 0.118. The van der Waals surface area contributed by atoms with E-state index < -0.39 is 23.8 Å². The standard InChI is InChI=1S/C28H41N3O4/c1-9-20-13-10-11-16-22(20)24(25(32)29-19(4)5)31(21-14-12-15-21)26(33)23(17-18(2)3)30-27(34)35-28(6,7)8/h1,10-11,13,16,18-19,21,23-24H,12,14-15,17H2,2-8H3,(H,29,32)(H,30,34). The largest absolute Gasteiger partial charge is 0.444 e. The van der Waals surface area contributed by atoms with Crippen LogP contribution >= 0.6 is 0 Å². The molecule has 2 unspecified atom stereocenters. The summed E-state index contributed by atoms with van der Waals surface area (Å²) in [4.78, 5) is 42.0. The number of hydrogen-bond donors (Lipinski definition) is 2. The van der Waals surface area contributed by atoms with Crippen LogP contribution in [0.5, 0.6) is 0 Å². The van der Waals surface area contributed by atoms with Gasteiger partial charge in [0.1, 0.15) is 17.7 Å². The second-order valence-electron chi connectivity index (χ2n) is 11.0. The first-order chi connectivity index (χ1) is 16.3. The summed E-state index contributed by atoms with van der Waals surface area (Å²) in [5.74, 6) is 2.20. The highest BCUT2D eigenvalue weighted by Crippen LogP contribution is 2.35. The van der Waals surface area contributed by atoms with Crippen molar-refractivity contribution in [3.05, 3.63) is 35.4 Å². The summed E-state index contributed by atoms with van der Waals surface area (Å²) in [6.07, 6.45) is 8.08. The third kappa shape index (κ3) is 8.02. The van der Waals surface area contributed by atoms with Gasteiger partial charge in [0.05, 0.1) is 0 Å². The smallest absolute Gasteiger partial charge is 0.408 e. The molecule has 192 valence electrons. The van der Waals surface area contributed by atoms with Crippen LogP contribution in [0.1, 0.15) is 91.3 Å². The number of alkyl carbamates (subject to hydrolysis) is 1. The van der Waals surface area contributed by atoms with E-state index in [9.17, 15) is 14.4 Å². The number of nitrogens with zero attached hydrogens (tertiary/aromatic N) is 1. The van der Waals surface area contributed by atoms with Gasteiger partial charge in [-0.25, -0.2) is 4.79 Å². The van der Waals surface area contributed by atoms with Crippen molar-refractivity contribution in [3.8, 4) is 12.3 Å². The molecular formula is C28H41N3O4. The fraction of sp³-hybridized carbons (Fsp3) is 0.607. The Hall–Kier alpha value is -3.01. The predicted octanol–water partition coefficient (Wildman–Crippen LogP) is 4.55. The Morgan fingerprint density at radius 1 is 1.11 bits per heavy atom. The van der Waals surface area contributed by atoms with E-state index in [1.807, 2.05) is 39.8 Å². The van der Waals surface area contributed by atoms with E-state index in [1.165, 1.54) is 0 Å². The number of carbonyl (C=O) groups is 3. The van der Waals surface area contributed by atoms with Crippen molar-refractivity contribution in [2.75, 3.05) is 0 Å². The van der Waals surface area contributed by atoms with Crippen LogP contribution in [-0.4, -0.2) is 46.5 Å². The molecule has 1 aliphatic carbocycles. The molecule has 0 heterocycles. The molecule has 2 N–H and O–H groups in total. The Labute approximate surface area is 210 Å². The van der Waals surface area contributed by atoms with Gasteiger partial charge in [0, 0.05) is 17.6 Å². The first-order valence-electron chi connectivity index (χ1n) is 12.5. The van der Waals surface area contributed by atoms with Crippen molar-refractivity contribution < 1.29 is 19.1 Å². The molecule has 3 amide bonds. The highest BCUT2D eigenvalue weighted by Gasteiger charge is 2.42. The lowest BCUT2D eigenvalue weighted by Gasteiger charge is -2.44.